The molecule has 0 aliphatic heterocycles. The molecule has 0 spiro atoms. The zero-order chi connectivity index (χ0) is 11.6. The average Bonchev–Trinajstić information content (AvgIpc) is 2.29. The molecule has 0 radical (unpaired) electrons. The molecular weight excluding hydrogens is 402 g/mol. The first-order valence-electron chi connectivity index (χ1n) is 6.80. The summed E-state index contributed by atoms with van der Waals surface area (Å²) in [7, 11) is 0. The van der Waals surface area contributed by atoms with Gasteiger partial charge in [0, 0.05) is 0 Å². The molecule has 0 fully saturated rings. The van der Waals surface area contributed by atoms with Crippen LogP contribution in [0.4, 0.5) is 0 Å². The summed E-state index contributed by atoms with van der Waals surface area (Å²) in [5, 5.41) is 0. The minimum atomic E-state index is -1.63. The normalized spacial score (nSPS) is 12.0. The number of alkyl halides is 1. The fourth-order valence-corrected chi connectivity index (χ4v) is 22.6. The predicted molar refractivity (Wildman–Crippen MR) is 83.8 cm³/mol. The zero-order valence-electron chi connectivity index (χ0n) is 10.9. The van der Waals surface area contributed by atoms with Gasteiger partial charge in [-0.2, -0.15) is 0 Å². The number of halogens is 1. The molecule has 0 amide bonds. The second kappa shape index (κ2) is 10.7. The van der Waals surface area contributed by atoms with Gasteiger partial charge in [-0.25, -0.2) is 0 Å². The van der Waals surface area contributed by atoms with Crippen molar-refractivity contribution in [2.24, 2.45) is 0 Å². The maximum atomic E-state index is 2.71. The molecule has 0 N–H and O–H groups in total. The van der Waals surface area contributed by atoms with Gasteiger partial charge in [-0.1, -0.05) is 0 Å². The molecule has 0 unspecified atom stereocenters. The van der Waals surface area contributed by atoms with E-state index < -0.39 is 18.4 Å². The number of hydrogen-bond donors (Lipinski definition) is 0. The van der Waals surface area contributed by atoms with Gasteiger partial charge in [0.25, 0.3) is 0 Å². The van der Waals surface area contributed by atoms with E-state index in [4.69, 9.17) is 0 Å². The third-order valence-electron chi connectivity index (χ3n) is 3.47. The first-order valence-corrected chi connectivity index (χ1v) is 16.4. The van der Waals surface area contributed by atoms with Crippen molar-refractivity contribution in [3.05, 3.63) is 0 Å². The van der Waals surface area contributed by atoms with Crippen LogP contribution < -0.4 is 0 Å². The van der Waals surface area contributed by atoms with E-state index in [9.17, 15) is 0 Å². The van der Waals surface area contributed by atoms with Crippen LogP contribution in [0.5, 0.6) is 0 Å². The molecule has 0 aromatic carbocycles. The molecule has 0 aromatic rings. The van der Waals surface area contributed by atoms with Crippen molar-refractivity contribution in [1.82, 2.24) is 0 Å². The molecule has 0 atom stereocenters. The monoisotopic (exact) mass is 432 g/mol. The molecule has 0 bridgehead atoms. The van der Waals surface area contributed by atoms with E-state index in [2.05, 4.69) is 43.4 Å². The second-order valence-corrected chi connectivity index (χ2v) is 23.7. The summed E-state index contributed by atoms with van der Waals surface area (Å²) in [6.07, 6.45) is 8.79. The van der Waals surface area contributed by atoms with Crippen LogP contribution in [0.25, 0.3) is 0 Å². The fraction of sp³-hybridized carbons (Fsp3) is 1.00. The molecule has 0 nitrogen and oxygen atoms in total. The SMILES string of the molecule is CCC[CH2][Sn]([CH2]I)([CH2]CCC)[CH2]CCC. The van der Waals surface area contributed by atoms with Gasteiger partial charge in [0.15, 0.2) is 0 Å². The Labute approximate surface area is 115 Å². The molecule has 2 heteroatoms. The van der Waals surface area contributed by atoms with Gasteiger partial charge in [-0.3, -0.25) is 0 Å². The Bertz CT molecular complexity index is 115. The standard InChI is InChI=1S/3C4H9.CH2I.Sn/c3*1-3-4-2;1-2;/h3*1,3-4H2,2H3;1H2;. The van der Waals surface area contributed by atoms with Crippen molar-refractivity contribution in [2.45, 2.75) is 72.6 Å². The third kappa shape index (κ3) is 7.45. The molecule has 0 saturated carbocycles. The van der Waals surface area contributed by atoms with E-state index >= 15 is 0 Å². The van der Waals surface area contributed by atoms with Crippen LogP contribution in [0.15, 0.2) is 0 Å². The Morgan fingerprint density at radius 2 is 1.07 bits per heavy atom. The molecule has 0 saturated heterocycles. The van der Waals surface area contributed by atoms with Gasteiger partial charge in [-0.05, 0) is 0 Å². The van der Waals surface area contributed by atoms with Crippen LogP contribution in [0.2, 0.25) is 13.3 Å². The summed E-state index contributed by atoms with van der Waals surface area (Å²) >= 11 is 1.09. The summed E-state index contributed by atoms with van der Waals surface area (Å²) in [5.41, 5.74) is 0. The molecule has 92 valence electrons. The first kappa shape index (κ1) is 16.5. The van der Waals surface area contributed by atoms with Crippen molar-refractivity contribution in [3.63, 3.8) is 0 Å². The van der Waals surface area contributed by atoms with Crippen LogP contribution in [0, 0.1) is 0 Å². The van der Waals surface area contributed by atoms with E-state index in [1.165, 1.54) is 38.5 Å². The Morgan fingerprint density at radius 1 is 0.733 bits per heavy atom. The van der Waals surface area contributed by atoms with Gasteiger partial charge in [0.1, 0.15) is 0 Å². The Balaban J connectivity index is 4.16. The van der Waals surface area contributed by atoms with Gasteiger partial charge >= 0.3 is 116 Å². The van der Waals surface area contributed by atoms with Gasteiger partial charge < -0.3 is 0 Å². The molecule has 0 aliphatic rings. The Kier molecular flexibility index (Phi) is 11.8. The Hall–Kier alpha value is 1.53. The third-order valence-corrected chi connectivity index (χ3v) is 28.0. The second-order valence-electron chi connectivity index (χ2n) is 4.94. The van der Waals surface area contributed by atoms with Crippen molar-refractivity contribution in [2.75, 3.05) is 2.44 Å². The number of rotatable bonds is 10. The number of unbranched alkanes of at least 4 members (excludes halogenated alkanes) is 3. The van der Waals surface area contributed by atoms with Crippen molar-refractivity contribution in [1.29, 1.82) is 0 Å². The molecule has 0 aliphatic carbocycles. The summed E-state index contributed by atoms with van der Waals surface area (Å²) in [5.74, 6) is 0. The van der Waals surface area contributed by atoms with Gasteiger partial charge in [-0.15, -0.1) is 0 Å². The molecule has 0 aromatic heterocycles. The topological polar surface area (TPSA) is 0 Å². The van der Waals surface area contributed by atoms with E-state index in [-0.39, 0.29) is 0 Å². The molecule has 0 rings (SSSR count). The maximum absolute atomic E-state index is 2.71. The predicted octanol–water partition coefficient (Wildman–Crippen LogP) is 5.81. The number of hydrogen-bond acceptors (Lipinski definition) is 0. The average molecular weight is 431 g/mol. The molecular formula is C13H29ISn. The van der Waals surface area contributed by atoms with Crippen molar-refractivity contribution >= 4 is 41.0 Å². The van der Waals surface area contributed by atoms with E-state index in [1.807, 2.05) is 0 Å². The fourth-order valence-electron chi connectivity index (χ4n) is 2.23. The summed E-state index contributed by atoms with van der Waals surface area (Å²) < 4.78 is 6.60. The van der Waals surface area contributed by atoms with E-state index in [0.717, 1.165) is 0 Å². The summed E-state index contributed by atoms with van der Waals surface area (Å²) in [6, 6.07) is 0. The van der Waals surface area contributed by atoms with Gasteiger partial charge in [0.2, 0.25) is 0 Å². The van der Waals surface area contributed by atoms with Crippen LogP contribution in [-0.2, 0) is 0 Å². The first-order chi connectivity index (χ1) is 7.24. The minimum absolute atomic E-state index is 1.41. The molecule has 0 heterocycles. The van der Waals surface area contributed by atoms with Crippen molar-refractivity contribution < 1.29 is 0 Å². The van der Waals surface area contributed by atoms with Gasteiger partial charge in [0.05, 0.1) is 0 Å². The van der Waals surface area contributed by atoms with Crippen molar-refractivity contribution in [3.8, 4) is 0 Å². The summed E-state index contributed by atoms with van der Waals surface area (Å²) in [6.45, 7) is 7.05. The van der Waals surface area contributed by atoms with Crippen LogP contribution in [-0.4, -0.2) is 20.8 Å². The van der Waals surface area contributed by atoms with E-state index in [1.54, 1.807) is 15.8 Å². The van der Waals surface area contributed by atoms with Crippen LogP contribution >= 0.6 is 22.6 Å². The molecule has 15 heavy (non-hydrogen) atoms. The Morgan fingerprint density at radius 3 is 1.27 bits per heavy atom. The summed E-state index contributed by atoms with van der Waals surface area (Å²) in [4.78, 5) is 0. The van der Waals surface area contributed by atoms with Crippen LogP contribution in [0.1, 0.15) is 59.3 Å². The zero-order valence-corrected chi connectivity index (χ0v) is 16.0. The quantitative estimate of drug-likeness (QED) is 0.233. The van der Waals surface area contributed by atoms with Crippen LogP contribution in [0.3, 0.4) is 0 Å². The van der Waals surface area contributed by atoms with E-state index in [0.29, 0.717) is 0 Å².